The lowest BCUT2D eigenvalue weighted by atomic mass is 10.2. The molecule has 0 saturated carbocycles. The molecule has 14 nitrogen and oxygen atoms in total. The van der Waals surface area contributed by atoms with Crippen LogP contribution in [0.25, 0.3) is 0 Å². The molecule has 0 amide bonds. The minimum atomic E-state index is -0.495. The number of unbranched alkanes of at least 4 members (excludes halogenated alkanes) is 3. The van der Waals surface area contributed by atoms with Crippen molar-refractivity contribution in [3.63, 3.8) is 0 Å². The van der Waals surface area contributed by atoms with Crippen LogP contribution in [-0.2, 0) is 52.1 Å². The van der Waals surface area contributed by atoms with Gasteiger partial charge in [0.25, 0.3) is 0 Å². The third kappa shape index (κ3) is 70.2. The molecular weight excluding hydrogens is 873 g/mol. The maximum absolute atomic E-state index is 9.71. The molecule has 0 aliphatic heterocycles. The number of hydrogen-bond acceptors (Lipinski definition) is 14. The Labute approximate surface area is 416 Å². The molecule has 0 aliphatic rings. The molecule has 68 heavy (non-hydrogen) atoms. The topological polar surface area (TPSA) is 162 Å². The lowest BCUT2D eigenvalue weighted by molar-refractivity contribution is -0.0606. The third-order valence-electron chi connectivity index (χ3n) is 9.13. The summed E-state index contributed by atoms with van der Waals surface area (Å²) < 4.78 is 59.6. The first kappa shape index (κ1) is 72.2. The van der Waals surface area contributed by atoms with E-state index in [0.29, 0.717) is 92.3 Å². The van der Waals surface area contributed by atoms with Crippen LogP contribution in [0.1, 0.15) is 144 Å². The Morgan fingerprint density at radius 1 is 0.382 bits per heavy atom. The maximum Gasteiger partial charge on any atom is 0.0873 e. The molecule has 4 atom stereocenters. The van der Waals surface area contributed by atoms with E-state index >= 15 is 0 Å². The average molecular weight is 979 g/mol. The Balaban J connectivity index is -0.000000426. The highest BCUT2D eigenvalue weighted by Gasteiger charge is 2.12. The summed E-state index contributed by atoms with van der Waals surface area (Å²) in [5.41, 5.74) is 0. The summed E-state index contributed by atoms with van der Waals surface area (Å²) in [5, 5.41) is 26.5. The van der Waals surface area contributed by atoms with Gasteiger partial charge in [-0.3, -0.25) is 0 Å². The molecule has 0 aliphatic carbocycles. The van der Waals surface area contributed by atoms with Gasteiger partial charge in [-0.05, 0) is 77.0 Å². The molecule has 406 valence electrons. The Morgan fingerprint density at radius 2 is 0.750 bits per heavy atom. The van der Waals surface area contributed by atoms with Crippen molar-refractivity contribution >= 4 is 0 Å². The molecule has 0 radical (unpaired) electrons. The van der Waals surface area contributed by atoms with Crippen molar-refractivity contribution in [3.8, 4) is 0 Å². The lowest BCUT2D eigenvalue weighted by Gasteiger charge is -2.19. The quantitative estimate of drug-likeness (QED) is 0.0300. The van der Waals surface area contributed by atoms with Gasteiger partial charge in [-0.25, -0.2) is 0 Å². The van der Waals surface area contributed by atoms with Crippen molar-refractivity contribution in [2.75, 3.05) is 119 Å². The first-order valence-electron chi connectivity index (χ1n) is 26.0. The van der Waals surface area contributed by atoms with Crippen LogP contribution in [0.4, 0.5) is 0 Å². The standard InChI is InChI=1S/C18H36O5.C18H34O4.C13H24O3.C5H12O2/c1-4-9-17(19)15-23-18(10-5-2)16-22-14-13-21-12-8-7-11-20-6-3;1-4-7-8-14-22-18(11-5-2)17-21-16-15-20-13-10-9-12-19-6-3;1-3-5-6-10-15-12-13-16-11-8-7-9-14-4-2;1-2-3-5(7)4-6/h6,17-19H,3-5,7-16H2,1-2H3;6-8,18H,3-5,9-17H2,1-2H3;4-6H,2-3,7-13H2,1H3;5-7H,2-4H2,1H3/b;8-7-;6-5-;. The van der Waals surface area contributed by atoms with Crippen molar-refractivity contribution < 1.29 is 67.4 Å². The summed E-state index contributed by atoms with van der Waals surface area (Å²) in [6, 6.07) is 0. The Kier molecular flexibility index (Phi) is 73.2. The minimum absolute atomic E-state index is 0.0579. The van der Waals surface area contributed by atoms with E-state index in [1.54, 1.807) is 0 Å². The zero-order valence-corrected chi connectivity index (χ0v) is 44.3. The van der Waals surface area contributed by atoms with Crippen LogP contribution in [0.3, 0.4) is 0 Å². The van der Waals surface area contributed by atoms with E-state index < -0.39 is 6.10 Å². The van der Waals surface area contributed by atoms with Crippen LogP contribution < -0.4 is 0 Å². The summed E-state index contributed by atoms with van der Waals surface area (Å²) in [4.78, 5) is 0. The molecule has 4 unspecified atom stereocenters. The number of ether oxygens (including phenoxy) is 11. The maximum atomic E-state index is 9.71. The smallest absolute Gasteiger partial charge is 0.0873 e. The van der Waals surface area contributed by atoms with Gasteiger partial charge in [-0.1, -0.05) is 111 Å². The SMILES string of the molecule is C=COCCCCOCCOC/C=C\CC.C=COCCCCOCCOCC(CCC)OC/C=C\CC.C=COCCCCOCCOCC(CCC)OCC(O)CCC.CCCC(O)CO. The predicted octanol–water partition coefficient (Wildman–Crippen LogP) is 10.5. The highest BCUT2D eigenvalue weighted by molar-refractivity contribution is 4.80. The van der Waals surface area contributed by atoms with E-state index in [2.05, 4.69) is 72.6 Å². The fourth-order valence-corrected chi connectivity index (χ4v) is 5.48. The molecule has 3 N–H and O–H groups in total. The van der Waals surface area contributed by atoms with Crippen molar-refractivity contribution in [3.05, 3.63) is 62.8 Å². The van der Waals surface area contributed by atoms with Gasteiger partial charge in [0.05, 0.1) is 142 Å². The highest BCUT2D eigenvalue weighted by atomic mass is 16.6. The molecule has 0 aromatic heterocycles. The summed E-state index contributed by atoms with van der Waals surface area (Å²) in [6.45, 7) is 34.0. The van der Waals surface area contributed by atoms with Gasteiger partial charge in [0.1, 0.15) is 0 Å². The van der Waals surface area contributed by atoms with Crippen LogP contribution in [0, 0.1) is 0 Å². The van der Waals surface area contributed by atoms with Crippen LogP contribution in [0.15, 0.2) is 62.8 Å². The van der Waals surface area contributed by atoms with Crippen LogP contribution in [-0.4, -0.2) is 159 Å². The Hall–Kier alpha value is -2.34. The number of aliphatic hydroxyl groups is 3. The third-order valence-corrected chi connectivity index (χ3v) is 9.13. The summed E-state index contributed by atoms with van der Waals surface area (Å²) in [6.07, 6.45) is 27.7. The van der Waals surface area contributed by atoms with Gasteiger partial charge in [-0.2, -0.15) is 0 Å². The molecule has 0 saturated heterocycles. The van der Waals surface area contributed by atoms with E-state index in [1.807, 2.05) is 13.0 Å². The monoisotopic (exact) mass is 979 g/mol. The normalized spacial score (nSPS) is 12.7. The molecule has 0 fully saturated rings. The van der Waals surface area contributed by atoms with Gasteiger partial charge in [-0.15, -0.1) is 0 Å². The van der Waals surface area contributed by atoms with Crippen LogP contribution in [0.5, 0.6) is 0 Å². The van der Waals surface area contributed by atoms with E-state index in [-0.39, 0.29) is 24.9 Å². The van der Waals surface area contributed by atoms with E-state index in [1.165, 1.54) is 18.8 Å². The fourth-order valence-electron chi connectivity index (χ4n) is 5.48. The first-order chi connectivity index (χ1) is 33.3. The summed E-state index contributed by atoms with van der Waals surface area (Å²) in [7, 11) is 0. The number of hydrogen-bond donors (Lipinski definition) is 3. The fraction of sp³-hybridized carbons (Fsp3) is 0.815. The number of allylic oxidation sites excluding steroid dienone is 2. The van der Waals surface area contributed by atoms with Crippen molar-refractivity contribution in [2.24, 2.45) is 0 Å². The molecule has 0 spiro atoms. The lowest BCUT2D eigenvalue weighted by Crippen LogP contribution is -2.26. The minimum Gasteiger partial charge on any atom is -0.502 e. The molecular formula is C54H106O14. The second-order valence-electron chi connectivity index (χ2n) is 15.6. The van der Waals surface area contributed by atoms with E-state index in [0.717, 1.165) is 123 Å². The Bertz CT molecular complexity index is 986. The molecule has 0 aromatic rings. The van der Waals surface area contributed by atoms with Gasteiger partial charge in [0.15, 0.2) is 0 Å². The molecule has 0 bridgehead atoms. The van der Waals surface area contributed by atoms with E-state index in [4.69, 9.17) is 62.3 Å². The Morgan fingerprint density at radius 3 is 1.13 bits per heavy atom. The van der Waals surface area contributed by atoms with Gasteiger partial charge in [0, 0.05) is 19.8 Å². The molecule has 0 rings (SSSR count). The van der Waals surface area contributed by atoms with Crippen molar-refractivity contribution in [1.82, 2.24) is 0 Å². The zero-order valence-electron chi connectivity index (χ0n) is 44.3. The van der Waals surface area contributed by atoms with Gasteiger partial charge >= 0.3 is 0 Å². The van der Waals surface area contributed by atoms with Crippen LogP contribution >= 0.6 is 0 Å². The van der Waals surface area contributed by atoms with Crippen molar-refractivity contribution in [1.29, 1.82) is 0 Å². The predicted molar refractivity (Wildman–Crippen MR) is 278 cm³/mol. The summed E-state index contributed by atoms with van der Waals surface area (Å²) in [5.74, 6) is 0. The zero-order chi connectivity index (χ0) is 51.1. The second-order valence-corrected chi connectivity index (χ2v) is 15.6. The van der Waals surface area contributed by atoms with E-state index in [9.17, 15) is 5.11 Å². The molecule has 0 heterocycles. The molecule has 14 heteroatoms. The summed E-state index contributed by atoms with van der Waals surface area (Å²) >= 11 is 0. The van der Waals surface area contributed by atoms with Gasteiger partial charge in [0.2, 0.25) is 0 Å². The second kappa shape index (κ2) is 68.9. The molecule has 0 aromatic carbocycles. The van der Waals surface area contributed by atoms with Crippen molar-refractivity contribution in [2.45, 2.75) is 169 Å². The van der Waals surface area contributed by atoms with Crippen LogP contribution in [0.2, 0.25) is 0 Å². The largest absolute Gasteiger partial charge is 0.502 e. The number of aliphatic hydroxyl groups excluding tert-OH is 3. The van der Waals surface area contributed by atoms with Gasteiger partial charge < -0.3 is 67.4 Å². The number of rotatable bonds is 50. The highest BCUT2D eigenvalue weighted by Crippen LogP contribution is 2.07. The first-order valence-corrected chi connectivity index (χ1v) is 26.0. The average Bonchev–Trinajstić information content (AvgIpc) is 3.34.